The van der Waals surface area contributed by atoms with Crippen LogP contribution in [0.15, 0.2) is 35.2 Å². The van der Waals surface area contributed by atoms with Crippen molar-refractivity contribution in [1.29, 1.82) is 0 Å². The van der Waals surface area contributed by atoms with Crippen LogP contribution < -0.4 is 10.1 Å². The van der Waals surface area contributed by atoms with E-state index < -0.39 is 6.10 Å². The number of rotatable bonds is 7. The third-order valence-corrected chi connectivity index (χ3v) is 4.93. The Hall–Kier alpha value is -1.86. The molecule has 23 heavy (non-hydrogen) atoms. The second-order valence-electron chi connectivity index (χ2n) is 4.99. The number of carbonyl (C=O) groups excluding carboxylic acids is 1. The molecule has 1 unspecified atom stereocenters. The highest BCUT2D eigenvalue weighted by molar-refractivity contribution is 8.01. The van der Waals surface area contributed by atoms with Gasteiger partial charge in [-0.15, -0.1) is 16.8 Å². The van der Waals surface area contributed by atoms with Crippen molar-refractivity contribution in [1.82, 2.24) is 10.2 Å². The molecule has 0 bridgehead atoms. The third-order valence-electron chi connectivity index (χ3n) is 2.96. The molecule has 0 fully saturated rings. The molecule has 1 heterocycles. The van der Waals surface area contributed by atoms with Gasteiger partial charge in [-0.3, -0.25) is 10.1 Å². The number of amides is 1. The molecule has 7 heteroatoms. The quantitative estimate of drug-likeness (QED) is 0.467. The maximum atomic E-state index is 12.2. The summed E-state index contributed by atoms with van der Waals surface area (Å²) in [4.78, 5) is 12.2. The van der Waals surface area contributed by atoms with Crippen LogP contribution >= 0.6 is 23.1 Å². The average Bonchev–Trinajstić information content (AvgIpc) is 2.95. The molecular weight excluding hydrogens is 330 g/mol. The molecule has 1 amide bonds. The first kappa shape index (κ1) is 17.5. The number of aromatic nitrogens is 2. The Bertz CT molecular complexity index is 700. The summed E-state index contributed by atoms with van der Waals surface area (Å²) < 4.78 is 6.53. The van der Waals surface area contributed by atoms with Crippen molar-refractivity contribution < 1.29 is 9.53 Å². The number of anilines is 1. The molecule has 1 atom stereocenters. The van der Waals surface area contributed by atoms with Crippen molar-refractivity contribution in [3.05, 3.63) is 42.0 Å². The van der Waals surface area contributed by atoms with Gasteiger partial charge in [0.1, 0.15) is 5.75 Å². The fraction of sp³-hybridized carbons (Fsp3) is 0.312. The van der Waals surface area contributed by atoms with Crippen molar-refractivity contribution in [3.63, 3.8) is 0 Å². The predicted octanol–water partition coefficient (Wildman–Crippen LogP) is 3.84. The number of thioether (sulfide) groups is 1. The van der Waals surface area contributed by atoms with E-state index in [1.807, 2.05) is 32.0 Å². The van der Waals surface area contributed by atoms with E-state index >= 15 is 0 Å². The molecule has 122 valence electrons. The highest BCUT2D eigenvalue weighted by Crippen LogP contribution is 2.26. The van der Waals surface area contributed by atoms with Crippen LogP contribution in [-0.2, 0) is 4.79 Å². The van der Waals surface area contributed by atoms with Gasteiger partial charge >= 0.3 is 0 Å². The second-order valence-corrected chi connectivity index (χ2v) is 7.24. The molecule has 1 N–H and O–H groups in total. The molecule has 0 saturated carbocycles. The average molecular weight is 349 g/mol. The summed E-state index contributed by atoms with van der Waals surface area (Å²) in [5, 5.41) is 11.2. The SMILES string of the molecule is C=CCSc1nnc(NC(=O)C(C)Oc2ccc(C)cc2C)s1. The summed E-state index contributed by atoms with van der Waals surface area (Å²) in [6, 6.07) is 5.86. The highest BCUT2D eigenvalue weighted by Gasteiger charge is 2.17. The fourth-order valence-corrected chi connectivity index (χ4v) is 3.35. The Morgan fingerprint density at radius 1 is 1.48 bits per heavy atom. The Labute approximate surface area is 144 Å². The number of nitrogens with one attached hydrogen (secondary N) is 1. The van der Waals surface area contributed by atoms with Gasteiger partial charge in [-0.2, -0.15) is 0 Å². The monoisotopic (exact) mass is 349 g/mol. The van der Waals surface area contributed by atoms with E-state index in [0.717, 1.165) is 21.2 Å². The van der Waals surface area contributed by atoms with Gasteiger partial charge in [-0.25, -0.2) is 0 Å². The Morgan fingerprint density at radius 2 is 2.26 bits per heavy atom. The molecule has 5 nitrogen and oxygen atoms in total. The molecule has 0 aliphatic carbocycles. The van der Waals surface area contributed by atoms with Gasteiger partial charge in [-0.05, 0) is 32.4 Å². The summed E-state index contributed by atoms with van der Waals surface area (Å²) in [6.45, 7) is 9.34. The van der Waals surface area contributed by atoms with Gasteiger partial charge in [0.2, 0.25) is 5.13 Å². The van der Waals surface area contributed by atoms with Gasteiger partial charge in [0, 0.05) is 5.75 Å². The molecule has 1 aromatic carbocycles. The van der Waals surface area contributed by atoms with Crippen molar-refractivity contribution >= 4 is 34.1 Å². The molecular formula is C16H19N3O2S2. The predicted molar refractivity (Wildman–Crippen MR) is 95.5 cm³/mol. The molecule has 1 aromatic heterocycles. The van der Waals surface area contributed by atoms with Crippen molar-refractivity contribution in [3.8, 4) is 5.75 Å². The van der Waals surface area contributed by atoms with Crippen LogP contribution in [0.25, 0.3) is 0 Å². The molecule has 0 spiro atoms. The Kier molecular flexibility index (Phi) is 6.18. The standard InChI is InChI=1S/C16H19N3O2S2/c1-5-8-22-16-19-18-15(23-16)17-14(20)12(4)21-13-7-6-10(2)9-11(13)3/h5-7,9,12H,1,8H2,2-4H3,(H,17,18,20). The number of benzene rings is 1. The minimum absolute atomic E-state index is 0.249. The van der Waals surface area contributed by atoms with Crippen molar-refractivity contribution in [2.45, 2.75) is 31.2 Å². The zero-order valence-corrected chi connectivity index (χ0v) is 15.0. The summed E-state index contributed by atoms with van der Waals surface area (Å²) >= 11 is 2.86. The Balaban J connectivity index is 1.94. The van der Waals surface area contributed by atoms with Crippen LogP contribution in [0.1, 0.15) is 18.1 Å². The molecule has 0 radical (unpaired) electrons. The number of aryl methyl sites for hydroxylation is 2. The molecule has 2 aromatic rings. The number of nitrogens with zero attached hydrogens (tertiary/aromatic N) is 2. The topological polar surface area (TPSA) is 64.1 Å². The first-order valence-corrected chi connectivity index (χ1v) is 8.91. The van der Waals surface area contributed by atoms with Crippen LogP contribution in [0.5, 0.6) is 5.75 Å². The number of hydrogen-bond acceptors (Lipinski definition) is 6. The lowest BCUT2D eigenvalue weighted by atomic mass is 10.1. The second kappa shape index (κ2) is 8.12. The van der Waals surface area contributed by atoms with E-state index in [9.17, 15) is 4.79 Å². The van der Waals surface area contributed by atoms with Crippen LogP contribution in [-0.4, -0.2) is 28.0 Å². The van der Waals surface area contributed by atoms with Crippen LogP contribution in [0, 0.1) is 13.8 Å². The third kappa shape index (κ3) is 5.07. The summed E-state index contributed by atoms with van der Waals surface area (Å²) in [6.07, 6.45) is 1.18. The van der Waals surface area contributed by atoms with E-state index in [1.54, 1.807) is 13.0 Å². The van der Waals surface area contributed by atoms with E-state index in [1.165, 1.54) is 23.1 Å². The maximum absolute atomic E-state index is 12.2. The van der Waals surface area contributed by atoms with E-state index in [0.29, 0.717) is 10.9 Å². The summed E-state index contributed by atoms with van der Waals surface area (Å²) in [7, 11) is 0. The number of hydrogen-bond donors (Lipinski definition) is 1. The normalized spacial score (nSPS) is 11.8. The van der Waals surface area contributed by atoms with Gasteiger partial charge in [0.05, 0.1) is 0 Å². The van der Waals surface area contributed by atoms with Crippen molar-refractivity contribution in [2.75, 3.05) is 11.1 Å². The lowest BCUT2D eigenvalue weighted by Crippen LogP contribution is -2.30. The lowest BCUT2D eigenvalue weighted by Gasteiger charge is -2.15. The van der Waals surface area contributed by atoms with Gasteiger partial charge < -0.3 is 4.74 Å². The Morgan fingerprint density at radius 3 is 2.96 bits per heavy atom. The largest absolute Gasteiger partial charge is 0.481 e. The number of carbonyl (C=O) groups is 1. The van der Waals surface area contributed by atoms with Crippen molar-refractivity contribution in [2.24, 2.45) is 0 Å². The summed E-state index contributed by atoms with van der Waals surface area (Å²) in [5.41, 5.74) is 2.16. The van der Waals surface area contributed by atoms with E-state index in [2.05, 4.69) is 22.1 Å². The van der Waals surface area contributed by atoms with Gasteiger partial charge in [-0.1, -0.05) is 46.9 Å². The summed E-state index contributed by atoms with van der Waals surface area (Å²) in [5.74, 6) is 1.22. The van der Waals surface area contributed by atoms with Crippen LogP contribution in [0.4, 0.5) is 5.13 Å². The molecule has 0 saturated heterocycles. The molecule has 2 rings (SSSR count). The zero-order valence-electron chi connectivity index (χ0n) is 13.3. The first-order valence-electron chi connectivity index (χ1n) is 7.11. The number of ether oxygens (including phenoxy) is 1. The van der Waals surface area contributed by atoms with Gasteiger partial charge in [0.25, 0.3) is 5.91 Å². The smallest absolute Gasteiger partial charge is 0.266 e. The van der Waals surface area contributed by atoms with E-state index in [-0.39, 0.29) is 5.91 Å². The fourth-order valence-electron chi connectivity index (χ4n) is 1.83. The van der Waals surface area contributed by atoms with E-state index in [4.69, 9.17) is 4.74 Å². The maximum Gasteiger partial charge on any atom is 0.266 e. The minimum atomic E-state index is -0.621. The van der Waals surface area contributed by atoms with Gasteiger partial charge in [0.15, 0.2) is 10.4 Å². The van der Waals surface area contributed by atoms with Crippen LogP contribution in [0.3, 0.4) is 0 Å². The minimum Gasteiger partial charge on any atom is -0.481 e. The van der Waals surface area contributed by atoms with Crippen LogP contribution in [0.2, 0.25) is 0 Å². The first-order chi connectivity index (χ1) is 11.0. The molecule has 0 aliphatic rings. The zero-order chi connectivity index (χ0) is 16.8. The molecule has 0 aliphatic heterocycles. The lowest BCUT2D eigenvalue weighted by molar-refractivity contribution is -0.122. The highest BCUT2D eigenvalue weighted by atomic mass is 32.2.